The number of nitrogens with zero attached hydrogens (tertiary/aromatic N) is 2. The molecule has 0 spiro atoms. The van der Waals surface area contributed by atoms with Crippen molar-refractivity contribution in [2.75, 3.05) is 6.54 Å². The molecule has 1 aliphatic rings. The zero-order chi connectivity index (χ0) is 14.7. The van der Waals surface area contributed by atoms with Gasteiger partial charge in [-0.05, 0) is 37.1 Å². The molecule has 1 aromatic carbocycles. The van der Waals surface area contributed by atoms with Crippen LogP contribution < -0.4 is 5.32 Å². The third-order valence-electron chi connectivity index (χ3n) is 3.99. The van der Waals surface area contributed by atoms with Crippen molar-refractivity contribution >= 4 is 5.91 Å². The number of hydrogen-bond acceptors (Lipinski definition) is 3. The number of aromatic nitrogens is 2. The number of carbonyl (C=O) groups excluding carboxylic acids is 1. The molecular weight excluding hydrogens is 266 g/mol. The van der Waals surface area contributed by atoms with Gasteiger partial charge >= 0.3 is 0 Å². The van der Waals surface area contributed by atoms with Crippen LogP contribution in [-0.4, -0.2) is 32.9 Å². The number of aliphatic hydroxyl groups is 1. The molecule has 0 bridgehead atoms. The highest BCUT2D eigenvalue weighted by atomic mass is 16.3. The van der Waals surface area contributed by atoms with Crippen LogP contribution in [0.1, 0.15) is 36.0 Å². The Hall–Kier alpha value is -2.14. The Balaban J connectivity index is 1.69. The van der Waals surface area contributed by atoms with E-state index in [1.807, 2.05) is 24.4 Å². The SMILES string of the molecule is O=C(NCC1(O)CCCC1)c1cccc(-n2cccn2)c1. The average molecular weight is 285 g/mol. The van der Waals surface area contributed by atoms with Gasteiger partial charge in [-0.25, -0.2) is 4.68 Å². The Kier molecular flexibility index (Phi) is 3.75. The van der Waals surface area contributed by atoms with Crippen molar-refractivity contribution in [3.8, 4) is 5.69 Å². The van der Waals surface area contributed by atoms with Gasteiger partial charge in [-0.3, -0.25) is 4.79 Å². The highest BCUT2D eigenvalue weighted by Crippen LogP contribution is 2.28. The van der Waals surface area contributed by atoms with Gasteiger partial charge in [0.15, 0.2) is 0 Å². The van der Waals surface area contributed by atoms with E-state index >= 15 is 0 Å². The summed E-state index contributed by atoms with van der Waals surface area (Å²) in [6.45, 7) is 0.317. The monoisotopic (exact) mass is 285 g/mol. The van der Waals surface area contributed by atoms with Gasteiger partial charge in [-0.15, -0.1) is 0 Å². The van der Waals surface area contributed by atoms with E-state index in [0.29, 0.717) is 12.1 Å². The molecule has 0 aliphatic heterocycles. The maximum Gasteiger partial charge on any atom is 0.251 e. The average Bonchev–Trinajstić information content (AvgIpc) is 3.17. The molecule has 2 aromatic rings. The van der Waals surface area contributed by atoms with E-state index in [2.05, 4.69) is 10.4 Å². The van der Waals surface area contributed by atoms with Crippen LogP contribution in [0.3, 0.4) is 0 Å². The molecule has 0 unspecified atom stereocenters. The van der Waals surface area contributed by atoms with Gasteiger partial charge in [0, 0.05) is 24.5 Å². The van der Waals surface area contributed by atoms with Crippen molar-refractivity contribution in [1.82, 2.24) is 15.1 Å². The summed E-state index contributed by atoms with van der Waals surface area (Å²) >= 11 is 0. The normalized spacial score (nSPS) is 16.8. The summed E-state index contributed by atoms with van der Waals surface area (Å²) in [5, 5.41) is 17.3. The predicted octanol–water partition coefficient (Wildman–Crippen LogP) is 1.91. The van der Waals surface area contributed by atoms with Crippen molar-refractivity contribution in [1.29, 1.82) is 0 Å². The van der Waals surface area contributed by atoms with Gasteiger partial charge in [0.25, 0.3) is 5.91 Å². The number of hydrogen-bond donors (Lipinski definition) is 2. The summed E-state index contributed by atoms with van der Waals surface area (Å²) in [6.07, 6.45) is 7.12. The van der Waals surface area contributed by atoms with Crippen molar-refractivity contribution in [3.63, 3.8) is 0 Å². The lowest BCUT2D eigenvalue weighted by Crippen LogP contribution is -2.40. The van der Waals surface area contributed by atoms with Crippen molar-refractivity contribution in [2.24, 2.45) is 0 Å². The van der Waals surface area contributed by atoms with Crippen molar-refractivity contribution < 1.29 is 9.90 Å². The first-order valence-electron chi connectivity index (χ1n) is 7.27. The lowest BCUT2D eigenvalue weighted by Gasteiger charge is -2.22. The molecule has 1 amide bonds. The predicted molar refractivity (Wildman–Crippen MR) is 79.3 cm³/mol. The van der Waals surface area contributed by atoms with Crippen LogP contribution in [-0.2, 0) is 0 Å². The Morgan fingerprint density at radius 3 is 2.86 bits per heavy atom. The van der Waals surface area contributed by atoms with Gasteiger partial charge in [-0.1, -0.05) is 18.9 Å². The minimum Gasteiger partial charge on any atom is -0.388 e. The second kappa shape index (κ2) is 5.69. The molecule has 5 nitrogen and oxygen atoms in total. The molecule has 2 N–H and O–H groups in total. The lowest BCUT2D eigenvalue weighted by atomic mass is 10.0. The molecule has 1 heterocycles. The standard InChI is InChI=1S/C16H19N3O2/c20-15(17-12-16(21)7-1-2-8-16)13-5-3-6-14(11-13)19-10-4-9-18-19/h3-6,9-11,21H,1-2,7-8,12H2,(H,17,20). The molecule has 1 aliphatic carbocycles. The first kappa shape index (κ1) is 13.8. The molecule has 1 fully saturated rings. The molecule has 3 rings (SSSR count). The van der Waals surface area contributed by atoms with Crippen LogP contribution in [0.4, 0.5) is 0 Å². The Morgan fingerprint density at radius 1 is 1.33 bits per heavy atom. The van der Waals surface area contributed by atoms with E-state index in [1.54, 1.807) is 23.0 Å². The summed E-state index contributed by atoms with van der Waals surface area (Å²) in [7, 11) is 0. The summed E-state index contributed by atoms with van der Waals surface area (Å²) in [5.41, 5.74) is 0.687. The molecule has 0 saturated heterocycles. The minimum atomic E-state index is -0.727. The van der Waals surface area contributed by atoms with E-state index in [-0.39, 0.29) is 5.91 Å². The summed E-state index contributed by atoms with van der Waals surface area (Å²) in [6, 6.07) is 9.12. The van der Waals surface area contributed by atoms with Crippen molar-refractivity contribution in [2.45, 2.75) is 31.3 Å². The number of benzene rings is 1. The van der Waals surface area contributed by atoms with Gasteiger partial charge in [-0.2, -0.15) is 5.10 Å². The Morgan fingerprint density at radius 2 is 2.14 bits per heavy atom. The van der Waals surface area contributed by atoms with E-state index in [4.69, 9.17) is 0 Å². The van der Waals surface area contributed by atoms with Crippen LogP contribution in [0, 0.1) is 0 Å². The second-order valence-electron chi connectivity index (χ2n) is 5.62. The number of carbonyl (C=O) groups is 1. The van der Waals surface area contributed by atoms with Gasteiger partial charge in [0.2, 0.25) is 0 Å². The molecular formula is C16H19N3O2. The second-order valence-corrected chi connectivity index (χ2v) is 5.62. The fourth-order valence-corrected chi connectivity index (χ4v) is 2.77. The zero-order valence-corrected chi connectivity index (χ0v) is 11.8. The molecule has 1 aromatic heterocycles. The highest BCUT2D eigenvalue weighted by Gasteiger charge is 2.31. The largest absolute Gasteiger partial charge is 0.388 e. The number of amides is 1. The lowest BCUT2D eigenvalue weighted by molar-refractivity contribution is 0.0449. The Labute approximate surface area is 123 Å². The molecule has 0 atom stereocenters. The van der Waals surface area contributed by atoms with Crippen molar-refractivity contribution in [3.05, 3.63) is 48.3 Å². The van der Waals surface area contributed by atoms with E-state index in [9.17, 15) is 9.90 Å². The number of rotatable bonds is 4. The van der Waals surface area contributed by atoms with Crippen LogP contribution in [0.2, 0.25) is 0 Å². The van der Waals surface area contributed by atoms with Crippen LogP contribution in [0.25, 0.3) is 5.69 Å². The highest BCUT2D eigenvalue weighted by molar-refractivity contribution is 5.94. The van der Waals surface area contributed by atoms with Crippen LogP contribution >= 0.6 is 0 Å². The minimum absolute atomic E-state index is 0.163. The fourth-order valence-electron chi connectivity index (χ4n) is 2.77. The maximum absolute atomic E-state index is 12.2. The first-order valence-corrected chi connectivity index (χ1v) is 7.27. The Bertz CT molecular complexity index is 616. The van der Waals surface area contributed by atoms with E-state index in [1.165, 1.54) is 0 Å². The molecule has 1 saturated carbocycles. The molecule has 0 radical (unpaired) electrons. The van der Waals surface area contributed by atoms with E-state index in [0.717, 1.165) is 31.4 Å². The molecule has 110 valence electrons. The molecule has 21 heavy (non-hydrogen) atoms. The summed E-state index contributed by atoms with van der Waals surface area (Å²) in [5.74, 6) is -0.163. The maximum atomic E-state index is 12.2. The summed E-state index contributed by atoms with van der Waals surface area (Å²) in [4.78, 5) is 12.2. The van der Waals surface area contributed by atoms with Crippen LogP contribution in [0.5, 0.6) is 0 Å². The third kappa shape index (κ3) is 3.13. The van der Waals surface area contributed by atoms with Crippen LogP contribution in [0.15, 0.2) is 42.7 Å². The van der Waals surface area contributed by atoms with E-state index < -0.39 is 5.60 Å². The number of nitrogens with one attached hydrogen (secondary N) is 1. The zero-order valence-electron chi connectivity index (χ0n) is 11.8. The molecule has 5 heteroatoms. The van der Waals surface area contributed by atoms with Gasteiger partial charge < -0.3 is 10.4 Å². The quantitative estimate of drug-likeness (QED) is 0.901. The van der Waals surface area contributed by atoms with Gasteiger partial charge in [0.05, 0.1) is 11.3 Å². The van der Waals surface area contributed by atoms with Gasteiger partial charge in [0.1, 0.15) is 0 Å². The first-order chi connectivity index (χ1) is 10.2. The topological polar surface area (TPSA) is 67.2 Å². The smallest absolute Gasteiger partial charge is 0.251 e. The summed E-state index contributed by atoms with van der Waals surface area (Å²) < 4.78 is 1.71. The fraction of sp³-hybridized carbons (Fsp3) is 0.375. The third-order valence-corrected chi connectivity index (χ3v) is 3.99.